The predicted octanol–water partition coefficient (Wildman–Crippen LogP) is 4.75. The Balaban J connectivity index is 1.56. The quantitative estimate of drug-likeness (QED) is 0.373. The molecule has 0 aliphatic carbocycles. The molecule has 0 spiro atoms. The summed E-state index contributed by atoms with van der Waals surface area (Å²) in [6, 6.07) is 17.1. The highest BCUT2D eigenvalue weighted by atomic mass is 16.5. The molecule has 0 bridgehead atoms. The van der Waals surface area contributed by atoms with E-state index in [1.54, 1.807) is 0 Å². The lowest BCUT2D eigenvalue weighted by Crippen LogP contribution is -2.46. The molecular formula is C29H34N4O3. The highest BCUT2D eigenvalue weighted by molar-refractivity contribution is 6.39. The summed E-state index contributed by atoms with van der Waals surface area (Å²) in [7, 11) is 1.34. The van der Waals surface area contributed by atoms with E-state index in [0.717, 1.165) is 53.3 Å². The Morgan fingerprint density at radius 3 is 2.64 bits per heavy atom. The molecule has 0 radical (unpaired) electrons. The third-order valence-corrected chi connectivity index (χ3v) is 6.47. The Hall–Kier alpha value is -3.87. The number of methoxy groups -OCH3 is 1. The first kappa shape index (κ1) is 25.2. The Morgan fingerprint density at radius 1 is 1.08 bits per heavy atom. The van der Waals surface area contributed by atoms with Crippen molar-refractivity contribution >= 4 is 28.5 Å². The highest BCUT2D eigenvalue weighted by Crippen LogP contribution is 2.20. The first-order valence-electron chi connectivity index (χ1n) is 12.5. The monoisotopic (exact) mass is 486 g/mol. The minimum Gasteiger partial charge on any atom is -0.467 e. The number of hydrogen-bond donors (Lipinski definition) is 2. The van der Waals surface area contributed by atoms with E-state index in [2.05, 4.69) is 16.9 Å². The highest BCUT2D eigenvalue weighted by Gasteiger charge is 2.26. The number of para-hydroxylation sites is 1. The van der Waals surface area contributed by atoms with Crippen LogP contribution in [0.3, 0.4) is 0 Å². The van der Waals surface area contributed by atoms with Crippen molar-refractivity contribution in [3.63, 3.8) is 0 Å². The Kier molecular flexibility index (Phi) is 8.55. The zero-order chi connectivity index (χ0) is 25.3. The number of ether oxygens (including phenoxy) is 1. The summed E-state index contributed by atoms with van der Waals surface area (Å²) in [5, 5.41) is 10.6. The molecule has 3 aromatic rings. The van der Waals surface area contributed by atoms with E-state index in [9.17, 15) is 9.59 Å². The molecule has 7 nitrogen and oxygen atoms in total. The number of aromatic amines is 1. The van der Waals surface area contributed by atoms with Crippen LogP contribution in [0.5, 0.6) is 0 Å². The summed E-state index contributed by atoms with van der Waals surface area (Å²) in [5.41, 5.74) is 4.56. The molecular weight excluding hydrogens is 452 g/mol. The van der Waals surface area contributed by atoms with Gasteiger partial charge in [-0.1, -0.05) is 67.1 Å². The van der Waals surface area contributed by atoms with E-state index in [1.165, 1.54) is 7.11 Å². The lowest BCUT2D eigenvalue weighted by molar-refractivity contribution is -0.144. The standard InChI is InChI=1S/C29H34N4O3/c1-21-11-5-3-8-16-26(32-33(19-21)20-22-12-6-4-7-13-22)28(34)31-27(29(35)36-2)17-23-18-30-25-15-10-9-14-24(23)25/h4,6-7,9-10,12-15,18,27,30H,1,3,5,8,11,16-17,19-20H2,2H3,(H,31,34)/b32-26+. The Morgan fingerprint density at radius 2 is 1.83 bits per heavy atom. The number of hydrogen-bond acceptors (Lipinski definition) is 5. The van der Waals surface area contributed by atoms with Gasteiger partial charge in [0.2, 0.25) is 0 Å². The van der Waals surface area contributed by atoms with Crippen LogP contribution in [0.4, 0.5) is 0 Å². The van der Waals surface area contributed by atoms with Crippen LogP contribution in [0.1, 0.15) is 43.2 Å². The van der Waals surface area contributed by atoms with E-state index < -0.39 is 12.0 Å². The maximum Gasteiger partial charge on any atom is 0.328 e. The summed E-state index contributed by atoms with van der Waals surface area (Å²) in [4.78, 5) is 29.3. The van der Waals surface area contributed by atoms with Crippen LogP contribution in [-0.2, 0) is 27.3 Å². The lowest BCUT2D eigenvalue weighted by atomic mass is 10.0. The summed E-state index contributed by atoms with van der Waals surface area (Å²) in [5.74, 6) is -0.821. The minimum absolute atomic E-state index is 0.320. The van der Waals surface area contributed by atoms with Crippen molar-refractivity contribution in [1.29, 1.82) is 0 Å². The van der Waals surface area contributed by atoms with E-state index >= 15 is 0 Å². The van der Waals surface area contributed by atoms with Crippen LogP contribution in [0, 0.1) is 0 Å². The zero-order valence-electron chi connectivity index (χ0n) is 20.8. The molecule has 1 atom stereocenters. The molecule has 4 rings (SSSR count). The fourth-order valence-electron chi connectivity index (χ4n) is 4.58. The number of nitrogens with zero attached hydrogens (tertiary/aromatic N) is 2. The smallest absolute Gasteiger partial charge is 0.328 e. The molecule has 0 fully saturated rings. The lowest BCUT2D eigenvalue weighted by Gasteiger charge is -2.24. The van der Waals surface area contributed by atoms with Gasteiger partial charge in [-0.3, -0.25) is 9.80 Å². The second-order valence-electron chi connectivity index (χ2n) is 9.28. The number of benzene rings is 2. The average Bonchev–Trinajstić information content (AvgIpc) is 3.30. The summed E-state index contributed by atoms with van der Waals surface area (Å²) in [6.07, 6.45) is 6.59. The van der Waals surface area contributed by atoms with Gasteiger partial charge in [0, 0.05) is 23.5 Å². The van der Waals surface area contributed by atoms with Crippen molar-refractivity contribution in [2.75, 3.05) is 13.7 Å². The van der Waals surface area contributed by atoms with Gasteiger partial charge in [0.05, 0.1) is 20.2 Å². The topological polar surface area (TPSA) is 86.8 Å². The van der Waals surface area contributed by atoms with Gasteiger partial charge in [-0.25, -0.2) is 4.79 Å². The number of aromatic nitrogens is 1. The molecule has 2 N–H and O–H groups in total. The molecule has 1 aliphatic heterocycles. The normalized spacial score (nSPS) is 17.2. The van der Waals surface area contributed by atoms with Gasteiger partial charge in [-0.15, -0.1) is 0 Å². The third kappa shape index (κ3) is 6.62. The molecule has 1 unspecified atom stereocenters. The number of carbonyl (C=O) groups excluding carboxylic acids is 2. The largest absolute Gasteiger partial charge is 0.467 e. The zero-order valence-corrected chi connectivity index (χ0v) is 20.8. The molecule has 2 heterocycles. The number of esters is 1. The Labute approximate surface area is 212 Å². The number of H-pyrrole nitrogens is 1. The number of fused-ring (bicyclic) bond motifs is 1. The number of rotatable bonds is 7. The van der Waals surface area contributed by atoms with Crippen LogP contribution in [0.2, 0.25) is 0 Å². The van der Waals surface area contributed by atoms with Crippen LogP contribution < -0.4 is 5.32 Å². The Bertz CT molecular complexity index is 1230. The van der Waals surface area contributed by atoms with Crippen LogP contribution in [-0.4, -0.2) is 47.3 Å². The predicted molar refractivity (Wildman–Crippen MR) is 142 cm³/mol. The van der Waals surface area contributed by atoms with Crippen molar-refractivity contribution in [2.45, 2.75) is 51.1 Å². The average molecular weight is 487 g/mol. The van der Waals surface area contributed by atoms with E-state index in [4.69, 9.17) is 9.84 Å². The minimum atomic E-state index is -0.822. The van der Waals surface area contributed by atoms with Gasteiger partial charge in [0.1, 0.15) is 11.8 Å². The van der Waals surface area contributed by atoms with Gasteiger partial charge in [0.25, 0.3) is 5.91 Å². The van der Waals surface area contributed by atoms with Crippen molar-refractivity contribution in [3.05, 3.63) is 84.1 Å². The summed E-state index contributed by atoms with van der Waals surface area (Å²) in [6.45, 7) is 5.38. The second kappa shape index (κ2) is 12.2. The first-order chi connectivity index (χ1) is 17.5. The van der Waals surface area contributed by atoms with Gasteiger partial charge < -0.3 is 15.0 Å². The molecule has 1 aliphatic rings. The molecule has 36 heavy (non-hydrogen) atoms. The fraction of sp³-hybridized carbons (Fsp3) is 0.345. The molecule has 0 saturated heterocycles. The maximum atomic E-state index is 13.5. The molecule has 0 saturated carbocycles. The summed E-state index contributed by atoms with van der Waals surface area (Å²) < 4.78 is 5.03. The molecule has 188 valence electrons. The maximum absolute atomic E-state index is 13.5. The van der Waals surface area contributed by atoms with Crippen molar-refractivity contribution in [2.24, 2.45) is 5.10 Å². The number of amides is 1. The number of carbonyl (C=O) groups is 2. The van der Waals surface area contributed by atoms with Crippen LogP contribution >= 0.6 is 0 Å². The fourth-order valence-corrected chi connectivity index (χ4v) is 4.58. The van der Waals surface area contributed by atoms with Gasteiger partial charge >= 0.3 is 5.97 Å². The van der Waals surface area contributed by atoms with Gasteiger partial charge in [-0.05, 0) is 42.9 Å². The van der Waals surface area contributed by atoms with E-state index in [1.807, 2.05) is 65.8 Å². The molecule has 2 aromatic carbocycles. The van der Waals surface area contributed by atoms with Crippen molar-refractivity contribution in [1.82, 2.24) is 15.3 Å². The van der Waals surface area contributed by atoms with Gasteiger partial charge in [0.15, 0.2) is 0 Å². The summed E-state index contributed by atoms with van der Waals surface area (Å²) >= 11 is 0. The molecule has 7 heteroatoms. The van der Waals surface area contributed by atoms with E-state index in [-0.39, 0.29) is 5.91 Å². The SMILES string of the molecule is C=C1CCCCC/C(C(=O)NC(Cc2c[nH]c3ccccc23)C(=O)OC)=N\N(Cc2ccccc2)C1. The van der Waals surface area contributed by atoms with Crippen LogP contribution in [0.25, 0.3) is 10.9 Å². The number of nitrogens with one attached hydrogen (secondary N) is 2. The second-order valence-corrected chi connectivity index (χ2v) is 9.28. The van der Waals surface area contributed by atoms with Crippen molar-refractivity contribution < 1.29 is 14.3 Å². The molecule has 1 amide bonds. The van der Waals surface area contributed by atoms with E-state index in [0.29, 0.717) is 31.6 Å². The third-order valence-electron chi connectivity index (χ3n) is 6.47. The van der Waals surface area contributed by atoms with Crippen LogP contribution in [0.15, 0.2) is 78.0 Å². The number of hydrazone groups is 1. The first-order valence-corrected chi connectivity index (χ1v) is 12.5. The van der Waals surface area contributed by atoms with Gasteiger partial charge in [-0.2, -0.15) is 5.10 Å². The molecule has 1 aromatic heterocycles. The van der Waals surface area contributed by atoms with Crippen molar-refractivity contribution in [3.8, 4) is 0 Å².